The van der Waals surface area contributed by atoms with Crippen molar-refractivity contribution in [3.8, 4) is 0 Å². The number of piperidine rings is 1. The monoisotopic (exact) mass is 425 g/mol. The molecule has 2 aliphatic rings. The molecule has 6 heteroatoms. The lowest BCUT2D eigenvalue weighted by atomic mass is 9.93. The third kappa shape index (κ3) is 4.84. The van der Waals surface area contributed by atoms with E-state index in [1.54, 1.807) is 6.20 Å². The van der Waals surface area contributed by atoms with E-state index in [0.29, 0.717) is 30.3 Å². The lowest BCUT2D eigenvalue weighted by Crippen LogP contribution is -2.45. The van der Waals surface area contributed by atoms with Crippen molar-refractivity contribution in [3.05, 3.63) is 64.9 Å². The van der Waals surface area contributed by atoms with Gasteiger partial charge in [0, 0.05) is 43.0 Å². The van der Waals surface area contributed by atoms with Crippen molar-refractivity contribution in [3.63, 3.8) is 0 Å². The minimum atomic E-state index is -0.391. The maximum Gasteiger partial charge on any atom is 0.230 e. The number of hydrogen-bond donors (Lipinski definition) is 1. The molecule has 1 N–H and O–H groups in total. The number of rotatable bonds is 7. The summed E-state index contributed by atoms with van der Waals surface area (Å²) in [6.07, 6.45) is 6.69. The Hall–Kier alpha value is -2.40. The number of carbonyl (C=O) groups is 2. The van der Waals surface area contributed by atoms with Crippen LogP contribution in [-0.2, 0) is 21.4 Å². The van der Waals surface area contributed by atoms with Gasteiger partial charge in [-0.15, -0.1) is 0 Å². The maximum absolute atomic E-state index is 12.9. The van der Waals surface area contributed by atoms with Crippen LogP contribution < -0.4 is 5.32 Å². The molecule has 158 valence electrons. The van der Waals surface area contributed by atoms with Crippen molar-refractivity contribution in [1.82, 2.24) is 15.2 Å². The molecule has 4 rings (SSSR count). The van der Waals surface area contributed by atoms with E-state index in [-0.39, 0.29) is 11.8 Å². The number of hydrogen-bond acceptors (Lipinski definition) is 3. The van der Waals surface area contributed by atoms with Crippen LogP contribution in [0, 0.1) is 5.92 Å². The fourth-order valence-corrected chi connectivity index (χ4v) is 4.47. The Bertz CT molecular complexity index is 881. The molecule has 1 saturated carbocycles. The molecule has 1 aromatic carbocycles. The first-order valence-electron chi connectivity index (χ1n) is 10.8. The average Bonchev–Trinajstić information content (AvgIpc) is 3.59. The van der Waals surface area contributed by atoms with Gasteiger partial charge in [-0.3, -0.25) is 14.6 Å². The smallest absolute Gasteiger partial charge is 0.230 e. The summed E-state index contributed by atoms with van der Waals surface area (Å²) in [5, 5.41) is 3.85. The van der Waals surface area contributed by atoms with Crippen LogP contribution in [0.4, 0.5) is 0 Å². The number of carbonyl (C=O) groups excluding carboxylic acids is 2. The molecule has 2 fully saturated rings. The Morgan fingerprint density at radius 1 is 1.17 bits per heavy atom. The molecule has 2 aromatic rings. The van der Waals surface area contributed by atoms with Gasteiger partial charge in [0.2, 0.25) is 11.8 Å². The fourth-order valence-electron chi connectivity index (χ4n) is 4.34. The largest absolute Gasteiger partial charge is 0.355 e. The molecule has 0 spiro atoms. The van der Waals surface area contributed by atoms with E-state index in [2.05, 4.69) is 10.3 Å². The molecule has 5 nitrogen and oxygen atoms in total. The number of benzene rings is 1. The number of nitrogens with zero attached hydrogens (tertiary/aromatic N) is 2. The Balaban J connectivity index is 1.26. The first-order valence-corrected chi connectivity index (χ1v) is 11.2. The summed E-state index contributed by atoms with van der Waals surface area (Å²) in [6, 6.07) is 13.4. The Morgan fingerprint density at radius 2 is 1.97 bits per heavy atom. The molecule has 1 aliphatic heterocycles. The van der Waals surface area contributed by atoms with Crippen LogP contribution >= 0.6 is 11.6 Å². The van der Waals surface area contributed by atoms with Crippen molar-refractivity contribution in [2.75, 3.05) is 19.6 Å². The second-order valence-corrected chi connectivity index (χ2v) is 8.90. The molecule has 0 radical (unpaired) electrons. The predicted octanol–water partition coefficient (Wildman–Crippen LogP) is 3.75. The summed E-state index contributed by atoms with van der Waals surface area (Å²) in [6.45, 7) is 2.15. The van der Waals surface area contributed by atoms with E-state index in [0.717, 1.165) is 50.0 Å². The molecule has 1 atom stereocenters. The Kier molecular flexibility index (Phi) is 6.38. The van der Waals surface area contributed by atoms with Crippen LogP contribution in [0.3, 0.4) is 0 Å². The normalized spacial score (nSPS) is 19.9. The van der Waals surface area contributed by atoms with Crippen LogP contribution in [-0.4, -0.2) is 41.3 Å². The standard InChI is InChI=1S/C24H28ClN3O2/c25-20-8-6-19(7-9-20)24(12-13-24)23(30)27-16-18-4-3-15-28(17-18)22(29)11-10-21-5-1-2-14-26-21/h1-2,5-9,14,18H,3-4,10-13,15-17H2,(H,27,30)/t18-/m1/s1. The highest BCUT2D eigenvalue weighted by Crippen LogP contribution is 2.48. The number of nitrogens with one attached hydrogen (secondary N) is 1. The molecule has 1 aromatic heterocycles. The van der Waals surface area contributed by atoms with E-state index in [1.807, 2.05) is 47.4 Å². The molecule has 0 bridgehead atoms. The van der Waals surface area contributed by atoms with Gasteiger partial charge in [0.1, 0.15) is 0 Å². The van der Waals surface area contributed by atoms with Gasteiger partial charge in [-0.2, -0.15) is 0 Å². The Morgan fingerprint density at radius 3 is 2.67 bits per heavy atom. The van der Waals surface area contributed by atoms with Gasteiger partial charge in [-0.05, 0) is 67.9 Å². The number of halogens is 1. The van der Waals surface area contributed by atoms with Crippen molar-refractivity contribution < 1.29 is 9.59 Å². The van der Waals surface area contributed by atoms with E-state index in [1.165, 1.54) is 0 Å². The Labute approximate surface area is 182 Å². The SMILES string of the molecule is O=C(CCc1ccccn1)N1CCC[C@H](CNC(=O)C2(c3ccc(Cl)cc3)CC2)C1. The summed E-state index contributed by atoms with van der Waals surface area (Å²) in [4.78, 5) is 31.8. The summed E-state index contributed by atoms with van der Waals surface area (Å²) in [5.41, 5.74) is 1.60. The molecular formula is C24H28ClN3O2. The van der Waals surface area contributed by atoms with Gasteiger partial charge in [-0.25, -0.2) is 0 Å². The second kappa shape index (κ2) is 9.17. The quantitative estimate of drug-likeness (QED) is 0.734. The number of pyridine rings is 1. The molecule has 2 amide bonds. The average molecular weight is 426 g/mol. The van der Waals surface area contributed by atoms with Crippen LogP contribution in [0.2, 0.25) is 5.02 Å². The molecule has 1 saturated heterocycles. The van der Waals surface area contributed by atoms with E-state index >= 15 is 0 Å². The molecule has 30 heavy (non-hydrogen) atoms. The third-order valence-electron chi connectivity index (χ3n) is 6.33. The van der Waals surface area contributed by atoms with E-state index in [4.69, 9.17) is 11.6 Å². The summed E-state index contributed by atoms with van der Waals surface area (Å²) in [7, 11) is 0. The summed E-state index contributed by atoms with van der Waals surface area (Å²) in [5.74, 6) is 0.586. The van der Waals surface area contributed by atoms with Crippen molar-refractivity contribution in [1.29, 1.82) is 0 Å². The van der Waals surface area contributed by atoms with E-state index in [9.17, 15) is 9.59 Å². The van der Waals surface area contributed by atoms with Crippen LogP contribution in [0.15, 0.2) is 48.7 Å². The van der Waals surface area contributed by atoms with Gasteiger partial charge in [0.25, 0.3) is 0 Å². The molecular weight excluding hydrogens is 398 g/mol. The number of aromatic nitrogens is 1. The highest BCUT2D eigenvalue weighted by atomic mass is 35.5. The van der Waals surface area contributed by atoms with Gasteiger partial charge >= 0.3 is 0 Å². The fraction of sp³-hybridized carbons (Fsp3) is 0.458. The van der Waals surface area contributed by atoms with Gasteiger partial charge in [0.05, 0.1) is 5.41 Å². The molecule has 0 unspecified atom stereocenters. The molecule has 1 aliphatic carbocycles. The second-order valence-electron chi connectivity index (χ2n) is 8.47. The van der Waals surface area contributed by atoms with Gasteiger partial charge in [0.15, 0.2) is 0 Å². The van der Waals surface area contributed by atoms with Crippen molar-refractivity contribution in [2.24, 2.45) is 5.92 Å². The summed E-state index contributed by atoms with van der Waals surface area (Å²) >= 11 is 5.98. The predicted molar refractivity (Wildman–Crippen MR) is 117 cm³/mol. The van der Waals surface area contributed by atoms with Crippen molar-refractivity contribution >= 4 is 23.4 Å². The lowest BCUT2D eigenvalue weighted by Gasteiger charge is -2.33. The lowest BCUT2D eigenvalue weighted by molar-refractivity contribution is -0.133. The minimum Gasteiger partial charge on any atom is -0.355 e. The summed E-state index contributed by atoms with van der Waals surface area (Å²) < 4.78 is 0. The zero-order valence-electron chi connectivity index (χ0n) is 17.1. The topological polar surface area (TPSA) is 62.3 Å². The van der Waals surface area contributed by atoms with Gasteiger partial charge in [-0.1, -0.05) is 29.8 Å². The first kappa shape index (κ1) is 20.9. The first-order chi connectivity index (χ1) is 14.6. The van der Waals surface area contributed by atoms with Crippen LogP contribution in [0.25, 0.3) is 0 Å². The van der Waals surface area contributed by atoms with Crippen LogP contribution in [0.1, 0.15) is 43.4 Å². The minimum absolute atomic E-state index is 0.100. The van der Waals surface area contributed by atoms with Crippen molar-refractivity contribution in [2.45, 2.75) is 43.9 Å². The zero-order chi connectivity index (χ0) is 21.0. The van der Waals surface area contributed by atoms with Gasteiger partial charge < -0.3 is 10.2 Å². The van der Waals surface area contributed by atoms with E-state index < -0.39 is 5.41 Å². The number of likely N-dealkylation sites (tertiary alicyclic amines) is 1. The highest BCUT2D eigenvalue weighted by Gasteiger charge is 2.51. The zero-order valence-corrected chi connectivity index (χ0v) is 17.9. The molecule has 2 heterocycles. The van der Waals surface area contributed by atoms with Crippen LogP contribution in [0.5, 0.6) is 0 Å². The number of amides is 2. The highest BCUT2D eigenvalue weighted by molar-refractivity contribution is 6.30. The third-order valence-corrected chi connectivity index (χ3v) is 6.58. The maximum atomic E-state index is 12.9. The number of aryl methyl sites for hydroxylation is 1.